The maximum Gasteiger partial charge on any atom is 0.329 e. The molecular formula is C28H28BrClN4O6. The van der Waals surface area contributed by atoms with Crippen LogP contribution in [0.15, 0.2) is 64.2 Å². The molecule has 3 N–H and O–H groups in total. The van der Waals surface area contributed by atoms with E-state index in [1.165, 1.54) is 13.3 Å². The summed E-state index contributed by atoms with van der Waals surface area (Å²) in [6, 6.07) is 15.1. The van der Waals surface area contributed by atoms with Crippen LogP contribution in [0.1, 0.15) is 24.5 Å². The molecule has 0 heterocycles. The highest BCUT2D eigenvalue weighted by Gasteiger charge is 2.15. The molecule has 210 valence electrons. The van der Waals surface area contributed by atoms with Crippen molar-refractivity contribution in [2.45, 2.75) is 20.3 Å². The first kappa shape index (κ1) is 30.5. The molecule has 0 saturated heterocycles. The van der Waals surface area contributed by atoms with Crippen molar-refractivity contribution < 1.29 is 28.6 Å². The van der Waals surface area contributed by atoms with Crippen LogP contribution >= 0.6 is 27.5 Å². The number of amides is 3. The summed E-state index contributed by atoms with van der Waals surface area (Å²) in [5.74, 6) is -0.935. The number of nitrogens with zero attached hydrogens (tertiary/aromatic N) is 1. The SMILES string of the molecule is CCCOc1ccc(NC(=O)C(=O)N/N=C\c2cc(Br)c(OCC(=O)Nc3ccc(C)c(Cl)c3)c(OC)c2)cc1. The van der Waals surface area contributed by atoms with E-state index in [-0.39, 0.29) is 12.5 Å². The van der Waals surface area contributed by atoms with E-state index in [1.54, 1.807) is 54.6 Å². The minimum Gasteiger partial charge on any atom is -0.494 e. The first-order valence-corrected chi connectivity index (χ1v) is 13.3. The summed E-state index contributed by atoms with van der Waals surface area (Å²) in [5, 5.41) is 9.58. The van der Waals surface area contributed by atoms with Gasteiger partial charge in [0.15, 0.2) is 18.1 Å². The highest BCUT2D eigenvalue weighted by atomic mass is 79.9. The summed E-state index contributed by atoms with van der Waals surface area (Å²) in [7, 11) is 1.44. The van der Waals surface area contributed by atoms with Crippen molar-refractivity contribution in [3.8, 4) is 17.2 Å². The highest BCUT2D eigenvalue weighted by molar-refractivity contribution is 9.10. The molecule has 0 fully saturated rings. The molecule has 0 aromatic heterocycles. The van der Waals surface area contributed by atoms with Crippen LogP contribution in [0.4, 0.5) is 11.4 Å². The lowest BCUT2D eigenvalue weighted by Gasteiger charge is -2.13. The van der Waals surface area contributed by atoms with Gasteiger partial charge in [0.2, 0.25) is 0 Å². The van der Waals surface area contributed by atoms with E-state index in [0.717, 1.165) is 12.0 Å². The molecule has 40 heavy (non-hydrogen) atoms. The van der Waals surface area contributed by atoms with Gasteiger partial charge in [-0.2, -0.15) is 5.10 Å². The van der Waals surface area contributed by atoms with Gasteiger partial charge in [0.1, 0.15) is 5.75 Å². The minimum absolute atomic E-state index is 0.284. The Kier molecular flexibility index (Phi) is 11.3. The van der Waals surface area contributed by atoms with E-state index in [2.05, 4.69) is 37.1 Å². The lowest BCUT2D eigenvalue weighted by Crippen LogP contribution is -2.32. The summed E-state index contributed by atoms with van der Waals surface area (Å²) in [6.45, 7) is 4.17. The zero-order valence-electron chi connectivity index (χ0n) is 22.0. The van der Waals surface area contributed by atoms with Gasteiger partial charge in [-0.15, -0.1) is 0 Å². The average molecular weight is 632 g/mol. The fourth-order valence-electron chi connectivity index (χ4n) is 3.22. The molecule has 0 spiro atoms. The second kappa shape index (κ2) is 14.9. The van der Waals surface area contributed by atoms with E-state index in [4.69, 9.17) is 25.8 Å². The number of halogens is 2. The van der Waals surface area contributed by atoms with E-state index in [9.17, 15) is 14.4 Å². The molecular weight excluding hydrogens is 604 g/mol. The number of rotatable bonds is 11. The van der Waals surface area contributed by atoms with Crippen LogP contribution in [-0.4, -0.2) is 44.3 Å². The van der Waals surface area contributed by atoms with Crippen LogP contribution < -0.4 is 30.3 Å². The fraction of sp³-hybridized carbons (Fsp3) is 0.214. The predicted molar refractivity (Wildman–Crippen MR) is 158 cm³/mol. The zero-order chi connectivity index (χ0) is 29.1. The number of hydrazone groups is 1. The summed E-state index contributed by atoms with van der Waals surface area (Å²) in [5.41, 5.74) is 4.59. The van der Waals surface area contributed by atoms with E-state index < -0.39 is 11.8 Å². The Bertz CT molecular complexity index is 1400. The smallest absolute Gasteiger partial charge is 0.329 e. The van der Waals surface area contributed by atoms with Crippen molar-refractivity contribution in [2.75, 3.05) is 31.0 Å². The second-order valence-electron chi connectivity index (χ2n) is 8.36. The third kappa shape index (κ3) is 8.99. The fourth-order valence-corrected chi connectivity index (χ4v) is 3.97. The Morgan fingerprint density at radius 3 is 2.38 bits per heavy atom. The molecule has 0 saturated carbocycles. The number of nitrogens with one attached hydrogen (secondary N) is 3. The van der Waals surface area contributed by atoms with Crippen molar-refractivity contribution >= 4 is 62.8 Å². The normalized spacial score (nSPS) is 10.6. The molecule has 0 atom stereocenters. The number of methoxy groups -OCH3 is 1. The largest absolute Gasteiger partial charge is 0.494 e. The summed E-state index contributed by atoms with van der Waals surface area (Å²) < 4.78 is 17.0. The van der Waals surface area contributed by atoms with Gasteiger partial charge in [-0.3, -0.25) is 14.4 Å². The van der Waals surface area contributed by atoms with Gasteiger partial charge >= 0.3 is 11.8 Å². The molecule has 3 amide bonds. The molecule has 3 rings (SSSR count). The number of hydrogen-bond acceptors (Lipinski definition) is 7. The van der Waals surface area contributed by atoms with Gasteiger partial charge in [0.25, 0.3) is 5.91 Å². The molecule has 3 aromatic carbocycles. The van der Waals surface area contributed by atoms with Crippen LogP contribution in [0.25, 0.3) is 0 Å². The number of anilines is 2. The van der Waals surface area contributed by atoms with Crippen molar-refractivity contribution in [1.82, 2.24) is 5.43 Å². The lowest BCUT2D eigenvalue weighted by atomic mass is 10.2. The van der Waals surface area contributed by atoms with Gasteiger partial charge in [-0.05, 0) is 88.9 Å². The molecule has 0 bridgehead atoms. The highest BCUT2D eigenvalue weighted by Crippen LogP contribution is 2.36. The second-order valence-corrected chi connectivity index (χ2v) is 9.62. The summed E-state index contributed by atoms with van der Waals surface area (Å²) >= 11 is 9.50. The maximum absolute atomic E-state index is 12.4. The van der Waals surface area contributed by atoms with Crippen molar-refractivity contribution in [3.05, 3.63) is 75.2 Å². The number of ether oxygens (including phenoxy) is 3. The van der Waals surface area contributed by atoms with Crippen molar-refractivity contribution in [1.29, 1.82) is 0 Å². The number of carbonyl (C=O) groups excluding carboxylic acids is 3. The number of aryl methyl sites for hydroxylation is 1. The summed E-state index contributed by atoms with van der Waals surface area (Å²) in [4.78, 5) is 36.7. The molecule has 10 nitrogen and oxygen atoms in total. The third-order valence-corrected chi connectivity index (χ3v) is 6.22. The number of carbonyl (C=O) groups is 3. The standard InChI is InChI=1S/C28H28BrClN4O6/c1-4-11-39-21-9-7-19(8-10-21)33-27(36)28(37)34-31-15-18-12-22(29)26(24(13-18)38-3)40-16-25(35)32-20-6-5-17(2)23(30)14-20/h5-10,12-15H,4,11,16H2,1-3H3,(H,32,35)(H,33,36)(H,34,37)/b31-15-. The molecule has 0 radical (unpaired) electrons. The Balaban J connectivity index is 1.54. The third-order valence-electron chi connectivity index (χ3n) is 5.23. The monoisotopic (exact) mass is 630 g/mol. The van der Waals surface area contributed by atoms with Gasteiger partial charge < -0.3 is 24.8 Å². The molecule has 12 heteroatoms. The summed E-state index contributed by atoms with van der Waals surface area (Å²) in [6.07, 6.45) is 2.21. The quantitative estimate of drug-likeness (QED) is 0.149. The van der Waals surface area contributed by atoms with Crippen molar-refractivity contribution in [3.63, 3.8) is 0 Å². The van der Waals surface area contributed by atoms with E-state index in [1.807, 2.05) is 13.8 Å². The predicted octanol–water partition coefficient (Wildman–Crippen LogP) is 5.31. The van der Waals surface area contributed by atoms with Gasteiger partial charge in [0, 0.05) is 16.4 Å². The lowest BCUT2D eigenvalue weighted by molar-refractivity contribution is -0.136. The van der Waals surface area contributed by atoms with Gasteiger partial charge in [0.05, 0.1) is 24.4 Å². The number of hydrogen-bond donors (Lipinski definition) is 3. The Labute approximate surface area is 245 Å². The van der Waals surface area contributed by atoms with Crippen LogP contribution in [0.5, 0.6) is 17.2 Å². The topological polar surface area (TPSA) is 127 Å². The molecule has 0 aliphatic heterocycles. The molecule has 0 unspecified atom stereocenters. The maximum atomic E-state index is 12.4. The molecule has 0 aliphatic rings. The van der Waals surface area contributed by atoms with Gasteiger partial charge in [-0.25, -0.2) is 5.43 Å². The first-order valence-electron chi connectivity index (χ1n) is 12.1. The van der Waals surface area contributed by atoms with Crippen LogP contribution in [0.2, 0.25) is 5.02 Å². The Hall–Kier alpha value is -4.09. The molecule has 3 aromatic rings. The molecule has 0 aliphatic carbocycles. The van der Waals surface area contributed by atoms with Crippen LogP contribution in [0.3, 0.4) is 0 Å². The van der Waals surface area contributed by atoms with Gasteiger partial charge in [-0.1, -0.05) is 24.6 Å². The Morgan fingerprint density at radius 2 is 1.70 bits per heavy atom. The minimum atomic E-state index is -0.950. The average Bonchev–Trinajstić information content (AvgIpc) is 2.93. The first-order chi connectivity index (χ1) is 19.2. The number of benzene rings is 3. The Morgan fingerprint density at radius 1 is 0.975 bits per heavy atom. The van der Waals surface area contributed by atoms with E-state index >= 15 is 0 Å². The van der Waals surface area contributed by atoms with Crippen molar-refractivity contribution in [2.24, 2.45) is 5.10 Å². The van der Waals surface area contributed by atoms with E-state index in [0.29, 0.717) is 50.3 Å². The van der Waals surface area contributed by atoms with Crippen LogP contribution in [0, 0.1) is 6.92 Å². The van der Waals surface area contributed by atoms with Crippen LogP contribution in [-0.2, 0) is 14.4 Å². The zero-order valence-corrected chi connectivity index (χ0v) is 24.4.